The summed E-state index contributed by atoms with van der Waals surface area (Å²) >= 11 is 1.72. The molecule has 2 aliphatic heterocycles. The molecular formula is C21H30N4O2S. The van der Waals surface area contributed by atoms with Gasteiger partial charge in [0.25, 0.3) is 5.91 Å². The van der Waals surface area contributed by atoms with Gasteiger partial charge in [-0.15, -0.1) is 11.3 Å². The molecule has 4 heterocycles. The van der Waals surface area contributed by atoms with Crippen LogP contribution >= 0.6 is 11.3 Å². The fraction of sp³-hybridized carbons (Fsp3) is 0.619. The number of amides is 1. The van der Waals surface area contributed by atoms with Crippen LogP contribution in [0.1, 0.15) is 50.7 Å². The lowest BCUT2D eigenvalue weighted by atomic mass is 9.97. The Morgan fingerprint density at radius 2 is 2.11 bits per heavy atom. The fourth-order valence-electron chi connectivity index (χ4n) is 4.26. The number of carbonyl (C=O) groups is 1. The molecule has 0 bridgehead atoms. The third-order valence-electron chi connectivity index (χ3n) is 6.22. The molecule has 0 radical (unpaired) electrons. The van der Waals surface area contributed by atoms with Gasteiger partial charge in [0.1, 0.15) is 5.76 Å². The van der Waals surface area contributed by atoms with Gasteiger partial charge in [-0.2, -0.15) is 0 Å². The first-order chi connectivity index (χ1) is 13.5. The zero-order valence-electron chi connectivity index (χ0n) is 17.1. The summed E-state index contributed by atoms with van der Waals surface area (Å²) in [6.45, 7) is 9.76. The predicted molar refractivity (Wildman–Crippen MR) is 111 cm³/mol. The number of hydrogen-bond donors (Lipinski definition) is 1. The Labute approximate surface area is 170 Å². The van der Waals surface area contributed by atoms with Gasteiger partial charge in [-0.25, -0.2) is 0 Å². The number of nitrogens with zero attached hydrogens (tertiary/aromatic N) is 3. The van der Waals surface area contributed by atoms with Crippen LogP contribution in [-0.2, 0) is 19.5 Å². The molecule has 6 nitrogen and oxygen atoms in total. The Kier molecular flexibility index (Phi) is 5.85. The fourth-order valence-corrected chi connectivity index (χ4v) is 5.38. The molecule has 4 rings (SSSR count). The second-order valence-corrected chi connectivity index (χ2v) is 9.24. The monoisotopic (exact) mass is 402 g/mol. The summed E-state index contributed by atoms with van der Waals surface area (Å²) in [7, 11) is 2.17. The normalized spacial score (nSPS) is 19.0. The van der Waals surface area contributed by atoms with Crippen molar-refractivity contribution < 1.29 is 9.32 Å². The molecule has 1 N–H and O–H groups in total. The number of aromatic nitrogens is 1. The molecule has 0 aliphatic carbocycles. The predicted octanol–water partition coefficient (Wildman–Crippen LogP) is 2.98. The van der Waals surface area contributed by atoms with E-state index >= 15 is 0 Å². The average molecular weight is 403 g/mol. The Morgan fingerprint density at radius 3 is 2.82 bits per heavy atom. The summed E-state index contributed by atoms with van der Waals surface area (Å²) in [5, 5.41) is 9.31. The summed E-state index contributed by atoms with van der Waals surface area (Å²) < 4.78 is 5.29. The molecule has 7 heteroatoms. The Bertz CT molecular complexity index is 816. The van der Waals surface area contributed by atoms with Gasteiger partial charge in [0.05, 0.1) is 11.3 Å². The molecule has 28 heavy (non-hydrogen) atoms. The number of piperidine rings is 1. The molecule has 2 aromatic heterocycles. The minimum atomic E-state index is 0.107. The van der Waals surface area contributed by atoms with Gasteiger partial charge < -0.3 is 14.7 Å². The van der Waals surface area contributed by atoms with Crippen molar-refractivity contribution >= 4 is 17.2 Å². The van der Waals surface area contributed by atoms with Crippen LogP contribution in [-0.4, -0.2) is 54.1 Å². The molecule has 0 spiro atoms. The van der Waals surface area contributed by atoms with E-state index in [1.807, 2.05) is 19.2 Å². The molecule has 152 valence electrons. The second kappa shape index (κ2) is 8.35. The molecule has 0 saturated carbocycles. The summed E-state index contributed by atoms with van der Waals surface area (Å²) in [6.07, 6.45) is 3.28. The van der Waals surface area contributed by atoms with E-state index in [2.05, 4.69) is 27.3 Å². The number of thiophene rings is 1. The maximum absolute atomic E-state index is 12.8. The summed E-state index contributed by atoms with van der Waals surface area (Å²) in [5.74, 6) is 1.62. The van der Waals surface area contributed by atoms with Crippen molar-refractivity contribution in [1.29, 1.82) is 0 Å². The highest BCUT2D eigenvalue weighted by molar-refractivity contribution is 7.10. The first kappa shape index (κ1) is 19.6. The first-order valence-corrected chi connectivity index (χ1v) is 11.1. The Morgan fingerprint density at radius 1 is 1.32 bits per heavy atom. The highest BCUT2D eigenvalue weighted by Crippen LogP contribution is 2.30. The van der Waals surface area contributed by atoms with E-state index < -0.39 is 0 Å². The van der Waals surface area contributed by atoms with Gasteiger partial charge in [-0.05, 0) is 64.7 Å². The lowest BCUT2D eigenvalue weighted by Gasteiger charge is -2.29. The number of hydrogen-bond acceptors (Lipinski definition) is 6. The van der Waals surface area contributed by atoms with Crippen LogP contribution in [0.3, 0.4) is 0 Å². The molecule has 1 saturated heterocycles. The number of rotatable bonds is 5. The van der Waals surface area contributed by atoms with Crippen LogP contribution < -0.4 is 5.32 Å². The summed E-state index contributed by atoms with van der Waals surface area (Å²) in [4.78, 5) is 18.9. The second-order valence-electron chi connectivity index (χ2n) is 8.27. The van der Waals surface area contributed by atoms with Crippen LogP contribution in [0.4, 0.5) is 0 Å². The van der Waals surface area contributed by atoms with E-state index in [9.17, 15) is 4.79 Å². The number of nitrogens with one attached hydrogen (secondary N) is 1. The smallest absolute Gasteiger partial charge is 0.252 e. The van der Waals surface area contributed by atoms with E-state index in [0.717, 1.165) is 62.7 Å². The van der Waals surface area contributed by atoms with Gasteiger partial charge in [0.15, 0.2) is 0 Å². The molecule has 2 aromatic rings. The molecule has 1 amide bonds. The van der Waals surface area contributed by atoms with Crippen molar-refractivity contribution in [2.45, 2.75) is 46.2 Å². The Balaban J connectivity index is 1.35. The maximum Gasteiger partial charge on any atom is 0.252 e. The van der Waals surface area contributed by atoms with Crippen molar-refractivity contribution in [3.8, 4) is 0 Å². The van der Waals surface area contributed by atoms with Crippen molar-refractivity contribution in [1.82, 2.24) is 20.3 Å². The van der Waals surface area contributed by atoms with Crippen LogP contribution in [0.15, 0.2) is 9.90 Å². The highest BCUT2D eigenvalue weighted by Gasteiger charge is 2.26. The van der Waals surface area contributed by atoms with Gasteiger partial charge in [-0.1, -0.05) is 5.16 Å². The van der Waals surface area contributed by atoms with Crippen LogP contribution in [0.25, 0.3) is 0 Å². The van der Waals surface area contributed by atoms with E-state index in [1.54, 1.807) is 11.3 Å². The minimum Gasteiger partial charge on any atom is -0.361 e. The van der Waals surface area contributed by atoms with E-state index in [1.165, 1.54) is 28.8 Å². The average Bonchev–Trinajstić information content (AvgIpc) is 3.25. The van der Waals surface area contributed by atoms with Crippen LogP contribution in [0.2, 0.25) is 0 Å². The van der Waals surface area contributed by atoms with Gasteiger partial charge in [-0.3, -0.25) is 9.69 Å². The third-order valence-corrected chi connectivity index (χ3v) is 7.24. The topological polar surface area (TPSA) is 61.6 Å². The number of carbonyl (C=O) groups excluding carboxylic acids is 1. The molecule has 2 aliphatic rings. The third kappa shape index (κ3) is 4.16. The number of fused-ring (bicyclic) bond motifs is 1. The van der Waals surface area contributed by atoms with Gasteiger partial charge >= 0.3 is 0 Å². The zero-order chi connectivity index (χ0) is 19.7. The molecule has 0 aromatic carbocycles. The highest BCUT2D eigenvalue weighted by atomic mass is 32.1. The van der Waals surface area contributed by atoms with Crippen molar-refractivity contribution in [3.63, 3.8) is 0 Å². The van der Waals surface area contributed by atoms with E-state index in [-0.39, 0.29) is 5.91 Å². The Hall–Kier alpha value is -1.70. The largest absolute Gasteiger partial charge is 0.361 e. The summed E-state index contributed by atoms with van der Waals surface area (Å²) in [5.41, 5.74) is 4.31. The number of likely N-dealkylation sites (tertiary alicyclic amines) is 1. The first-order valence-electron chi connectivity index (χ1n) is 10.2. The SMILES string of the molecule is Cc1noc(C)c1CN1CCc2c(C(=O)NCC3CCN(C)CC3)csc2C1. The lowest BCUT2D eigenvalue weighted by Crippen LogP contribution is -2.37. The standard InChI is InChI=1S/C21H30N4O2S/c1-14-18(15(2)27-23-14)11-25-9-6-17-19(13-28-20(17)12-25)21(26)22-10-16-4-7-24(3)8-5-16/h13,16H,4-12H2,1-3H3,(H,22,26). The van der Waals surface area contributed by atoms with E-state index in [0.29, 0.717) is 5.92 Å². The van der Waals surface area contributed by atoms with Crippen molar-refractivity contribution in [3.05, 3.63) is 38.4 Å². The summed E-state index contributed by atoms with van der Waals surface area (Å²) in [6, 6.07) is 0. The van der Waals surface area contributed by atoms with Crippen LogP contribution in [0.5, 0.6) is 0 Å². The molecule has 0 unspecified atom stereocenters. The van der Waals surface area contributed by atoms with Crippen molar-refractivity contribution in [2.75, 3.05) is 33.2 Å². The van der Waals surface area contributed by atoms with E-state index in [4.69, 9.17) is 4.52 Å². The van der Waals surface area contributed by atoms with Gasteiger partial charge in [0.2, 0.25) is 0 Å². The number of aryl methyl sites for hydroxylation is 2. The van der Waals surface area contributed by atoms with Gasteiger partial charge in [0, 0.05) is 42.0 Å². The van der Waals surface area contributed by atoms with Crippen molar-refractivity contribution in [2.24, 2.45) is 5.92 Å². The van der Waals surface area contributed by atoms with Crippen LogP contribution in [0, 0.1) is 19.8 Å². The minimum absolute atomic E-state index is 0.107. The molecule has 1 fully saturated rings. The molecule has 0 atom stereocenters. The molecular weight excluding hydrogens is 372 g/mol. The maximum atomic E-state index is 12.8. The quantitative estimate of drug-likeness (QED) is 0.833. The lowest BCUT2D eigenvalue weighted by molar-refractivity contribution is 0.0937. The zero-order valence-corrected chi connectivity index (χ0v) is 17.9.